The molecule has 0 spiro atoms. The Morgan fingerprint density at radius 2 is 2.07 bits per heavy atom. The predicted molar refractivity (Wildman–Crippen MR) is 110 cm³/mol. The molecule has 0 aromatic heterocycles. The first-order valence-corrected chi connectivity index (χ1v) is 9.56. The molecule has 8 heteroatoms. The van der Waals surface area contributed by atoms with Crippen molar-refractivity contribution in [3.8, 4) is 6.07 Å². The van der Waals surface area contributed by atoms with Crippen LogP contribution in [0, 0.1) is 11.3 Å². The van der Waals surface area contributed by atoms with Crippen LogP contribution in [0.4, 0.5) is 0 Å². The van der Waals surface area contributed by atoms with Gasteiger partial charge >= 0.3 is 0 Å². The first-order valence-electron chi connectivity index (χ1n) is 9.11. The van der Waals surface area contributed by atoms with E-state index in [0.717, 1.165) is 18.4 Å². The van der Waals surface area contributed by atoms with Crippen LogP contribution in [0.2, 0.25) is 0 Å². The van der Waals surface area contributed by atoms with Gasteiger partial charge in [0, 0.05) is 37.0 Å². The van der Waals surface area contributed by atoms with Crippen molar-refractivity contribution in [1.82, 2.24) is 10.2 Å². The monoisotopic (exact) mass is 397 g/mol. The maximum absolute atomic E-state index is 12.8. The quantitative estimate of drug-likeness (QED) is 0.511. The number of carbonyl (C=O) groups is 2. The average molecular weight is 398 g/mol. The van der Waals surface area contributed by atoms with Crippen LogP contribution >= 0.6 is 12.6 Å². The fourth-order valence-corrected chi connectivity index (χ4v) is 3.44. The third kappa shape index (κ3) is 4.37. The Hall–Kier alpha value is -2.79. The van der Waals surface area contributed by atoms with E-state index >= 15 is 0 Å². The van der Waals surface area contributed by atoms with Gasteiger partial charge in [0.2, 0.25) is 0 Å². The summed E-state index contributed by atoms with van der Waals surface area (Å²) < 4.78 is -0.0836. The van der Waals surface area contributed by atoms with Crippen molar-refractivity contribution in [3.63, 3.8) is 0 Å². The van der Waals surface area contributed by atoms with Gasteiger partial charge in [-0.1, -0.05) is 12.1 Å². The molecule has 2 aliphatic rings. The number of piperidine rings is 1. The number of likely N-dealkylation sites (tertiary alicyclic amines) is 1. The van der Waals surface area contributed by atoms with Gasteiger partial charge in [0.15, 0.2) is 0 Å². The van der Waals surface area contributed by atoms with Gasteiger partial charge < -0.3 is 16.0 Å². The molecular weight excluding hydrogens is 374 g/mol. The van der Waals surface area contributed by atoms with Gasteiger partial charge in [-0.2, -0.15) is 17.9 Å². The summed E-state index contributed by atoms with van der Waals surface area (Å²) in [5.74, 6) is -0.637. The Labute approximate surface area is 169 Å². The summed E-state index contributed by atoms with van der Waals surface area (Å²) in [6.07, 6.45) is 2.49. The van der Waals surface area contributed by atoms with E-state index in [2.05, 4.69) is 22.9 Å². The van der Waals surface area contributed by atoms with E-state index in [9.17, 15) is 9.59 Å². The van der Waals surface area contributed by atoms with E-state index in [1.807, 2.05) is 6.07 Å². The second-order valence-electron chi connectivity index (χ2n) is 7.16. The van der Waals surface area contributed by atoms with Gasteiger partial charge in [-0.3, -0.25) is 14.6 Å². The molecule has 1 aliphatic heterocycles. The average Bonchev–Trinajstić information content (AvgIpc) is 3.44. The molecule has 146 valence electrons. The maximum Gasteiger partial charge on any atom is 0.272 e. The summed E-state index contributed by atoms with van der Waals surface area (Å²) in [7, 11) is 1.53. The highest BCUT2D eigenvalue weighted by molar-refractivity contribution is 7.82. The highest BCUT2D eigenvalue weighted by Crippen LogP contribution is 2.43. The maximum atomic E-state index is 12.8. The summed E-state index contributed by atoms with van der Waals surface area (Å²) in [6, 6.07) is 8.97. The minimum absolute atomic E-state index is 0.0225. The molecule has 3 rings (SSSR count). The van der Waals surface area contributed by atoms with Crippen molar-refractivity contribution in [2.75, 3.05) is 20.1 Å². The number of nitrogens with one attached hydrogen (secondary N) is 1. The zero-order valence-electron chi connectivity index (χ0n) is 15.7. The van der Waals surface area contributed by atoms with Crippen LogP contribution in [-0.2, 0) is 16.1 Å². The minimum Gasteiger partial charge on any atom is -0.394 e. The zero-order valence-corrected chi connectivity index (χ0v) is 16.6. The minimum atomic E-state index is -0.436. The topological polar surface area (TPSA) is 112 Å². The number of hydrogen-bond donors (Lipinski definition) is 3. The molecule has 1 saturated carbocycles. The summed E-state index contributed by atoms with van der Waals surface area (Å²) in [4.78, 5) is 31.1. The Kier molecular flexibility index (Phi) is 5.75. The molecule has 0 bridgehead atoms. The number of nitrogens with zero attached hydrogens (tertiary/aromatic N) is 3. The fourth-order valence-electron chi connectivity index (χ4n) is 3.16. The number of benzene rings is 1. The van der Waals surface area contributed by atoms with Gasteiger partial charge in [0.05, 0.1) is 11.6 Å². The lowest BCUT2D eigenvalue weighted by molar-refractivity contribution is -0.124. The van der Waals surface area contributed by atoms with Crippen LogP contribution in [0.15, 0.2) is 40.5 Å². The molecule has 2 amide bonds. The van der Waals surface area contributed by atoms with Gasteiger partial charge in [-0.15, -0.1) is 0 Å². The fraction of sp³-hybridized carbons (Fsp3) is 0.400. The van der Waals surface area contributed by atoms with Crippen LogP contribution in [0.1, 0.15) is 30.4 Å². The smallest absolute Gasteiger partial charge is 0.272 e. The van der Waals surface area contributed by atoms with E-state index in [-0.39, 0.29) is 28.6 Å². The standard InChI is InChI=1S/C20H23N5O2S/c1-23-17-15(6-9-25(19(17)27)12-20(28)7-8-20)16(22)18(26)24-11-14-4-2-13(10-21)3-5-14/h2-5,28H,6-9,11-12,22H2,1H3,(H,24,26). The SMILES string of the molecule is CN=C1C(=O)N(CC2(S)CC2)CCC1=C(N)C(=O)NCc1ccc(C#N)cc1. The summed E-state index contributed by atoms with van der Waals surface area (Å²) >= 11 is 4.59. The third-order valence-corrected chi connectivity index (χ3v) is 5.64. The number of rotatable bonds is 5. The molecule has 7 nitrogen and oxygen atoms in total. The second kappa shape index (κ2) is 8.07. The van der Waals surface area contributed by atoms with Crippen LogP contribution in [0.25, 0.3) is 0 Å². The third-order valence-electron chi connectivity index (χ3n) is 5.05. The number of hydrogen-bond acceptors (Lipinski definition) is 6. The molecular formula is C20H23N5O2S. The molecule has 0 unspecified atom stereocenters. The molecule has 0 radical (unpaired) electrons. The Morgan fingerprint density at radius 1 is 1.39 bits per heavy atom. The van der Waals surface area contributed by atoms with Crippen molar-refractivity contribution >= 4 is 30.2 Å². The molecule has 1 heterocycles. The van der Waals surface area contributed by atoms with Gasteiger partial charge in [-0.05, 0) is 37.0 Å². The predicted octanol–water partition coefficient (Wildman–Crippen LogP) is 1.15. The highest BCUT2D eigenvalue weighted by Gasteiger charge is 2.43. The molecule has 1 aliphatic carbocycles. The molecule has 1 saturated heterocycles. The molecule has 28 heavy (non-hydrogen) atoms. The zero-order chi connectivity index (χ0) is 20.3. The second-order valence-corrected chi connectivity index (χ2v) is 8.11. The van der Waals surface area contributed by atoms with Crippen LogP contribution in [0.3, 0.4) is 0 Å². The molecule has 0 atom stereocenters. The molecule has 1 aromatic rings. The summed E-state index contributed by atoms with van der Waals surface area (Å²) in [5, 5.41) is 11.6. The van der Waals surface area contributed by atoms with Crippen LogP contribution in [0.5, 0.6) is 0 Å². The summed E-state index contributed by atoms with van der Waals surface area (Å²) in [6.45, 7) is 1.37. The first kappa shape index (κ1) is 20.0. The van der Waals surface area contributed by atoms with E-state index in [0.29, 0.717) is 30.6 Å². The Bertz CT molecular complexity index is 894. The van der Waals surface area contributed by atoms with Crippen molar-refractivity contribution < 1.29 is 9.59 Å². The van der Waals surface area contributed by atoms with Gasteiger partial charge in [-0.25, -0.2) is 0 Å². The lowest BCUT2D eigenvalue weighted by atomic mass is 9.97. The highest BCUT2D eigenvalue weighted by atomic mass is 32.1. The lowest BCUT2D eigenvalue weighted by Gasteiger charge is -2.31. The number of nitriles is 1. The number of carbonyl (C=O) groups excluding carboxylic acids is 2. The summed E-state index contributed by atoms with van der Waals surface area (Å²) in [5.41, 5.74) is 8.24. The van der Waals surface area contributed by atoms with Crippen molar-refractivity contribution in [2.24, 2.45) is 10.7 Å². The molecule has 1 aromatic carbocycles. The molecule has 2 fully saturated rings. The van der Waals surface area contributed by atoms with E-state index in [4.69, 9.17) is 11.0 Å². The van der Waals surface area contributed by atoms with Crippen molar-refractivity contribution in [1.29, 1.82) is 5.26 Å². The van der Waals surface area contributed by atoms with Crippen LogP contribution in [-0.4, -0.2) is 47.3 Å². The largest absolute Gasteiger partial charge is 0.394 e. The lowest BCUT2D eigenvalue weighted by Crippen LogP contribution is -2.47. The Balaban J connectivity index is 1.67. The number of amides is 2. The normalized spacial score (nSPS) is 21.2. The van der Waals surface area contributed by atoms with E-state index in [1.54, 1.807) is 29.2 Å². The number of thiol groups is 1. The van der Waals surface area contributed by atoms with Crippen molar-refractivity contribution in [2.45, 2.75) is 30.6 Å². The van der Waals surface area contributed by atoms with Gasteiger partial charge in [0.25, 0.3) is 11.8 Å². The number of nitrogens with two attached hydrogens (primary N) is 1. The number of aliphatic imine (C=N–C) groups is 1. The van der Waals surface area contributed by atoms with E-state index in [1.165, 1.54) is 7.05 Å². The van der Waals surface area contributed by atoms with E-state index < -0.39 is 5.91 Å². The van der Waals surface area contributed by atoms with Gasteiger partial charge in [0.1, 0.15) is 11.4 Å². The van der Waals surface area contributed by atoms with Crippen molar-refractivity contribution in [3.05, 3.63) is 46.7 Å². The first-order chi connectivity index (χ1) is 13.4. The molecule has 3 N–H and O–H groups in total. The van der Waals surface area contributed by atoms with Crippen LogP contribution < -0.4 is 11.1 Å². The Morgan fingerprint density at radius 3 is 2.64 bits per heavy atom.